The summed E-state index contributed by atoms with van der Waals surface area (Å²) in [6.45, 7) is 3.73. The Bertz CT molecular complexity index is 848. The predicted molar refractivity (Wildman–Crippen MR) is 133 cm³/mol. The molecule has 4 N–H and O–H groups in total. The third kappa shape index (κ3) is 8.44. The summed E-state index contributed by atoms with van der Waals surface area (Å²) < 4.78 is 5.27. The van der Waals surface area contributed by atoms with E-state index in [4.69, 9.17) is 10.5 Å². The molecule has 7 nitrogen and oxygen atoms in total. The van der Waals surface area contributed by atoms with E-state index in [1.54, 1.807) is 4.90 Å². The van der Waals surface area contributed by atoms with Crippen molar-refractivity contribution in [3.8, 4) is 11.1 Å². The number of nitrogens with one attached hydrogen (secondary N) is 2. The van der Waals surface area contributed by atoms with Gasteiger partial charge in [-0.1, -0.05) is 54.6 Å². The number of hydrogen-bond acceptors (Lipinski definition) is 5. The largest absolute Gasteiger partial charge is 0.378 e. The molecule has 3 rings (SSSR count). The van der Waals surface area contributed by atoms with E-state index in [2.05, 4.69) is 47.0 Å². The highest BCUT2D eigenvalue weighted by atomic mass is 35.5. The zero-order chi connectivity index (χ0) is 22.6. The average molecular weight is 475 g/mol. The first-order chi connectivity index (χ1) is 15.7. The number of carbonyl (C=O) groups is 2. The van der Waals surface area contributed by atoms with Crippen LogP contribution in [0.3, 0.4) is 0 Å². The van der Waals surface area contributed by atoms with Gasteiger partial charge in [-0.3, -0.25) is 9.59 Å². The molecule has 8 heteroatoms. The molecule has 1 saturated heterocycles. The fourth-order valence-electron chi connectivity index (χ4n) is 3.90. The molecule has 0 aliphatic carbocycles. The fraction of sp³-hybridized carbons (Fsp3) is 0.440. The molecule has 180 valence electrons. The van der Waals surface area contributed by atoms with Gasteiger partial charge in [0.1, 0.15) is 6.04 Å². The molecule has 1 aliphatic heterocycles. The third-order valence-electron chi connectivity index (χ3n) is 5.59. The zero-order valence-corrected chi connectivity index (χ0v) is 19.8. The highest BCUT2D eigenvalue weighted by Crippen LogP contribution is 2.20. The highest BCUT2D eigenvalue weighted by Gasteiger charge is 2.33. The Balaban J connectivity index is 0.00000385. The maximum Gasteiger partial charge on any atom is 0.242 e. The van der Waals surface area contributed by atoms with Gasteiger partial charge in [-0.05, 0) is 29.5 Å². The standard InChI is InChI=1S/C25H34N4O3.ClH/c26-13-17-32-18-15-28-25(31)23-7-4-16-29(23)24(30)12-14-27-19-20-8-10-22(11-9-20)21-5-2-1-3-6-21;/h1-3,5-6,8-11,23,27H,4,7,12-19,26H2,(H,28,31);1H/t23-;/m0./s1. The topological polar surface area (TPSA) is 96.7 Å². The minimum atomic E-state index is -0.373. The van der Waals surface area contributed by atoms with Crippen LogP contribution in [0, 0.1) is 0 Å². The normalized spacial score (nSPS) is 15.2. The van der Waals surface area contributed by atoms with Crippen LogP contribution >= 0.6 is 12.4 Å². The first-order valence-electron chi connectivity index (χ1n) is 11.4. The van der Waals surface area contributed by atoms with Crippen LogP contribution in [-0.4, -0.2) is 62.1 Å². The molecule has 2 aromatic carbocycles. The number of ether oxygens (including phenoxy) is 1. The van der Waals surface area contributed by atoms with Gasteiger partial charge in [-0.2, -0.15) is 0 Å². The molecule has 0 saturated carbocycles. The Morgan fingerprint density at radius 3 is 2.45 bits per heavy atom. The van der Waals surface area contributed by atoms with Crippen LogP contribution in [0.25, 0.3) is 11.1 Å². The van der Waals surface area contributed by atoms with Crippen LogP contribution in [0.4, 0.5) is 0 Å². The number of amides is 2. The van der Waals surface area contributed by atoms with E-state index in [1.807, 2.05) is 18.2 Å². The predicted octanol–water partition coefficient (Wildman–Crippen LogP) is 2.34. The van der Waals surface area contributed by atoms with Crippen molar-refractivity contribution in [2.75, 3.05) is 39.4 Å². The van der Waals surface area contributed by atoms with Crippen LogP contribution in [0.5, 0.6) is 0 Å². The minimum absolute atomic E-state index is 0. The number of nitrogens with two attached hydrogens (primary N) is 1. The van der Waals surface area contributed by atoms with Gasteiger partial charge in [-0.25, -0.2) is 0 Å². The lowest BCUT2D eigenvalue weighted by Crippen LogP contribution is -2.47. The molecule has 0 radical (unpaired) electrons. The van der Waals surface area contributed by atoms with Gasteiger partial charge in [0.25, 0.3) is 0 Å². The Morgan fingerprint density at radius 1 is 1.00 bits per heavy atom. The first kappa shape index (κ1) is 26.8. The third-order valence-corrected chi connectivity index (χ3v) is 5.59. The summed E-state index contributed by atoms with van der Waals surface area (Å²) in [5, 5.41) is 6.20. The van der Waals surface area contributed by atoms with Crippen LogP contribution in [0.1, 0.15) is 24.8 Å². The summed E-state index contributed by atoms with van der Waals surface area (Å²) >= 11 is 0. The van der Waals surface area contributed by atoms with Crippen molar-refractivity contribution in [3.63, 3.8) is 0 Å². The SMILES string of the molecule is Cl.NCCOCCNC(=O)[C@@H]1CCCN1C(=O)CCNCc1ccc(-c2ccccc2)cc1. The number of likely N-dealkylation sites (tertiary alicyclic amines) is 1. The lowest BCUT2D eigenvalue weighted by molar-refractivity contribution is -0.138. The molecule has 1 fully saturated rings. The molecule has 1 aliphatic rings. The number of hydrogen-bond donors (Lipinski definition) is 3. The summed E-state index contributed by atoms with van der Waals surface area (Å²) in [5.74, 6) is -0.0763. The number of rotatable bonds is 12. The van der Waals surface area contributed by atoms with Gasteiger partial charge in [0.2, 0.25) is 11.8 Å². The summed E-state index contributed by atoms with van der Waals surface area (Å²) in [5.41, 5.74) is 8.93. The number of nitrogens with zero attached hydrogens (tertiary/aromatic N) is 1. The van der Waals surface area contributed by atoms with Gasteiger partial charge < -0.3 is 26.0 Å². The molecule has 1 atom stereocenters. The molecule has 0 aromatic heterocycles. The molecule has 0 spiro atoms. The van der Waals surface area contributed by atoms with E-state index in [-0.39, 0.29) is 30.3 Å². The molecular formula is C25H35ClN4O3. The van der Waals surface area contributed by atoms with Crippen molar-refractivity contribution >= 4 is 24.2 Å². The van der Waals surface area contributed by atoms with E-state index in [0.29, 0.717) is 58.8 Å². The summed E-state index contributed by atoms with van der Waals surface area (Å²) in [6.07, 6.45) is 1.95. The van der Waals surface area contributed by atoms with Crippen molar-refractivity contribution < 1.29 is 14.3 Å². The maximum absolute atomic E-state index is 12.7. The zero-order valence-electron chi connectivity index (χ0n) is 19.0. The number of halogens is 1. The smallest absolute Gasteiger partial charge is 0.242 e. The molecule has 2 amide bonds. The van der Waals surface area contributed by atoms with Crippen molar-refractivity contribution in [2.45, 2.75) is 31.8 Å². The molecule has 0 bridgehead atoms. The van der Waals surface area contributed by atoms with Gasteiger partial charge >= 0.3 is 0 Å². The number of carbonyl (C=O) groups excluding carboxylic acids is 2. The molecule has 2 aromatic rings. The van der Waals surface area contributed by atoms with Gasteiger partial charge in [0.05, 0.1) is 13.2 Å². The summed E-state index contributed by atoms with van der Waals surface area (Å²) in [7, 11) is 0. The van der Waals surface area contributed by atoms with Gasteiger partial charge in [0, 0.05) is 39.1 Å². The van der Waals surface area contributed by atoms with E-state index in [9.17, 15) is 9.59 Å². The van der Waals surface area contributed by atoms with E-state index < -0.39 is 0 Å². The van der Waals surface area contributed by atoms with Crippen LogP contribution in [-0.2, 0) is 20.9 Å². The second-order valence-corrected chi connectivity index (χ2v) is 7.93. The molecular weight excluding hydrogens is 440 g/mol. The van der Waals surface area contributed by atoms with Crippen LogP contribution in [0.15, 0.2) is 54.6 Å². The molecule has 1 heterocycles. The Morgan fingerprint density at radius 2 is 1.73 bits per heavy atom. The summed E-state index contributed by atoms with van der Waals surface area (Å²) in [6, 6.07) is 18.4. The van der Waals surface area contributed by atoms with Crippen LogP contribution in [0.2, 0.25) is 0 Å². The van der Waals surface area contributed by atoms with Gasteiger partial charge in [0.15, 0.2) is 0 Å². The lowest BCUT2D eigenvalue weighted by Gasteiger charge is -2.24. The maximum atomic E-state index is 12.7. The number of benzene rings is 2. The average Bonchev–Trinajstić information content (AvgIpc) is 3.33. The van der Waals surface area contributed by atoms with Crippen molar-refractivity contribution in [1.29, 1.82) is 0 Å². The molecule has 0 unspecified atom stereocenters. The Labute approximate surface area is 202 Å². The lowest BCUT2D eigenvalue weighted by atomic mass is 10.0. The quantitative estimate of drug-likeness (QED) is 0.410. The van der Waals surface area contributed by atoms with Crippen molar-refractivity contribution in [2.24, 2.45) is 5.73 Å². The highest BCUT2D eigenvalue weighted by molar-refractivity contribution is 5.88. The van der Waals surface area contributed by atoms with E-state index in [0.717, 1.165) is 6.42 Å². The monoisotopic (exact) mass is 474 g/mol. The second kappa shape index (κ2) is 14.6. The fourth-order valence-corrected chi connectivity index (χ4v) is 3.90. The summed E-state index contributed by atoms with van der Waals surface area (Å²) in [4.78, 5) is 26.8. The molecule has 33 heavy (non-hydrogen) atoms. The van der Waals surface area contributed by atoms with E-state index in [1.165, 1.54) is 16.7 Å². The Hall–Kier alpha value is -2.45. The first-order valence-corrected chi connectivity index (χ1v) is 11.4. The van der Waals surface area contributed by atoms with E-state index >= 15 is 0 Å². The van der Waals surface area contributed by atoms with Crippen LogP contribution < -0.4 is 16.4 Å². The second-order valence-electron chi connectivity index (χ2n) is 7.93. The van der Waals surface area contributed by atoms with Crippen molar-refractivity contribution in [3.05, 3.63) is 60.2 Å². The van der Waals surface area contributed by atoms with Crippen molar-refractivity contribution in [1.82, 2.24) is 15.5 Å². The minimum Gasteiger partial charge on any atom is -0.378 e. The van der Waals surface area contributed by atoms with Gasteiger partial charge in [-0.15, -0.1) is 12.4 Å². The Kier molecular flexibility index (Phi) is 11.9.